The van der Waals surface area contributed by atoms with Crippen molar-refractivity contribution in [1.82, 2.24) is 19.8 Å². The van der Waals surface area contributed by atoms with Gasteiger partial charge in [0.15, 0.2) is 5.96 Å². The van der Waals surface area contributed by atoms with E-state index in [9.17, 15) is 14.0 Å². The molecule has 7 rings (SSSR count). The van der Waals surface area contributed by atoms with E-state index in [1.54, 1.807) is 23.0 Å². The Labute approximate surface area is 264 Å². The van der Waals surface area contributed by atoms with E-state index in [0.29, 0.717) is 60.1 Å². The molecule has 1 amide bonds. The smallest absolute Gasteiger partial charge is 0.407 e. The van der Waals surface area contributed by atoms with Gasteiger partial charge in [-0.25, -0.2) is 19.2 Å². The molecule has 1 aromatic heterocycles. The number of hydrogen-bond donors (Lipinski definition) is 2. The number of anilines is 1. The monoisotopic (exact) mass is 616 g/mol. The van der Waals surface area contributed by atoms with Gasteiger partial charge in [-0.1, -0.05) is 32.9 Å². The maximum atomic E-state index is 13.3. The Bertz CT molecular complexity index is 1650. The molecule has 4 atom stereocenters. The second-order valence-electron chi connectivity index (χ2n) is 14.7. The molecule has 2 bridgehead atoms. The Balaban J connectivity index is 1.18. The summed E-state index contributed by atoms with van der Waals surface area (Å²) < 4.78 is 20.3. The Morgan fingerprint density at radius 3 is 2.53 bits per heavy atom. The number of aryl methyl sites for hydroxylation is 2. The molecule has 4 aliphatic rings. The highest BCUT2D eigenvalue weighted by Crippen LogP contribution is 2.61. The molecule has 2 heterocycles. The van der Waals surface area contributed by atoms with Crippen LogP contribution in [0.4, 0.5) is 14.9 Å². The zero-order valence-corrected chi connectivity index (χ0v) is 27.1. The quantitative estimate of drug-likeness (QED) is 0.267. The predicted molar refractivity (Wildman–Crippen MR) is 175 cm³/mol. The lowest BCUT2D eigenvalue weighted by Crippen LogP contribution is -2.63. The number of nitrogens with zero attached hydrogens (tertiary/aromatic N) is 4. The van der Waals surface area contributed by atoms with E-state index in [4.69, 9.17) is 9.73 Å². The van der Waals surface area contributed by atoms with Gasteiger partial charge in [-0.15, -0.1) is 0 Å². The van der Waals surface area contributed by atoms with Gasteiger partial charge < -0.3 is 20.3 Å². The van der Waals surface area contributed by atoms with Gasteiger partial charge in [-0.2, -0.15) is 0 Å². The van der Waals surface area contributed by atoms with Crippen LogP contribution < -0.4 is 16.2 Å². The lowest BCUT2D eigenvalue weighted by Gasteiger charge is -2.61. The number of rotatable bonds is 6. The number of guanidine groups is 1. The Morgan fingerprint density at radius 2 is 1.87 bits per heavy atom. The fourth-order valence-electron chi connectivity index (χ4n) is 7.29. The molecule has 3 saturated carbocycles. The topological polar surface area (TPSA) is 101 Å². The molecule has 10 heteroatoms. The van der Waals surface area contributed by atoms with Crippen LogP contribution in [-0.4, -0.2) is 57.3 Å². The molecule has 4 fully saturated rings. The van der Waals surface area contributed by atoms with E-state index in [1.807, 2.05) is 39.0 Å². The van der Waals surface area contributed by atoms with Gasteiger partial charge in [0.1, 0.15) is 11.4 Å². The highest BCUT2D eigenvalue weighted by atomic mass is 19.1. The molecule has 0 spiro atoms. The summed E-state index contributed by atoms with van der Waals surface area (Å²) >= 11 is 0. The number of halogens is 1. The summed E-state index contributed by atoms with van der Waals surface area (Å²) in [6.45, 7) is 14.4. The number of nitrogens with one attached hydrogen (secondary N) is 2. The third kappa shape index (κ3) is 6.56. The van der Waals surface area contributed by atoms with E-state index in [2.05, 4.69) is 41.3 Å². The molecule has 3 aromatic rings. The molecule has 1 unspecified atom stereocenters. The van der Waals surface area contributed by atoms with Crippen molar-refractivity contribution >= 4 is 28.6 Å². The second kappa shape index (κ2) is 11.8. The van der Waals surface area contributed by atoms with E-state index >= 15 is 0 Å². The zero-order valence-electron chi connectivity index (χ0n) is 27.1. The molecule has 9 nitrogen and oxygen atoms in total. The number of hydrogen-bond acceptors (Lipinski definition) is 5. The fourth-order valence-corrected chi connectivity index (χ4v) is 7.29. The first-order valence-electron chi connectivity index (χ1n) is 16.1. The lowest BCUT2D eigenvalue weighted by molar-refractivity contribution is -0.108. The third-order valence-corrected chi connectivity index (χ3v) is 10.1. The summed E-state index contributed by atoms with van der Waals surface area (Å²) in [7, 11) is 0. The van der Waals surface area contributed by atoms with E-state index in [0.717, 1.165) is 23.6 Å². The number of carbonyl (C=O) groups excluding carboxylic acids is 1. The van der Waals surface area contributed by atoms with Gasteiger partial charge in [0.05, 0.1) is 29.3 Å². The van der Waals surface area contributed by atoms with Crippen LogP contribution in [0, 0.1) is 29.0 Å². The SMILES string of the molecule is C[C@@H]1C(/N=C(/Nc2ccc3c(=O)n(CCc4ccc(F)cc4)cnc3c2)N2CC(NC(=O)OC(C)(C)C)C2)C[C@H]2C[C@@H]1C2(C)C. The normalized spacial score (nSPS) is 24.5. The predicted octanol–water partition coefficient (Wildman–Crippen LogP) is 5.83. The molecule has 0 radical (unpaired) electrons. The van der Waals surface area contributed by atoms with Crippen molar-refractivity contribution in [2.45, 2.75) is 85.0 Å². The van der Waals surface area contributed by atoms with Crippen LogP contribution in [0.15, 0.2) is 58.6 Å². The van der Waals surface area contributed by atoms with Gasteiger partial charge in [0, 0.05) is 25.3 Å². The maximum absolute atomic E-state index is 13.3. The molecule has 3 aliphatic carbocycles. The van der Waals surface area contributed by atoms with Crippen molar-refractivity contribution in [1.29, 1.82) is 0 Å². The molecule has 1 saturated heterocycles. The molecule has 1 aliphatic heterocycles. The number of ether oxygens (including phenoxy) is 1. The molecule has 2 aromatic carbocycles. The van der Waals surface area contributed by atoms with Crippen LogP contribution in [0.3, 0.4) is 0 Å². The Kier molecular flexibility index (Phi) is 8.12. The van der Waals surface area contributed by atoms with Crippen molar-refractivity contribution in [2.75, 3.05) is 18.4 Å². The number of benzene rings is 2. The van der Waals surface area contributed by atoms with Crippen molar-refractivity contribution in [2.24, 2.45) is 28.2 Å². The summed E-state index contributed by atoms with van der Waals surface area (Å²) in [5, 5.41) is 7.05. The van der Waals surface area contributed by atoms with Gasteiger partial charge >= 0.3 is 6.09 Å². The number of alkyl carbamates (subject to hydrolysis) is 1. The number of carbonyl (C=O) groups is 1. The molecule has 2 N–H and O–H groups in total. The fraction of sp³-hybridized carbons (Fsp3) is 0.543. The van der Waals surface area contributed by atoms with Crippen LogP contribution in [-0.2, 0) is 17.7 Å². The van der Waals surface area contributed by atoms with Gasteiger partial charge in [-0.05, 0) is 99.1 Å². The largest absolute Gasteiger partial charge is 0.444 e. The molecule has 45 heavy (non-hydrogen) atoms. The first-order valence-corrected chi connectivity index (χ1v) is 16.1. The minimum Gasteiger partial charge on any atom is -0.444 e. The minimum atomic E-state index is -0.552. The molecular weight excluding hydrogens is 571 g/mol. The highest BCUT2D eigenvalue weighted by Gasteiger charge is 2.56. The van der Waals surface area contributed by atoms with Crippen LogP contribution in [0.5, 0.6) is 0 Å². The van der Waals surface area contributed by atoms with Crippen molar-refractivity contribution < 1.29 is 13.9 Å². The third-order valence-electron chi connectivity index (χ3n) is 10.1. The Hall–Kier alpha value is -3.95. The summed E-state index contributed by atoms with van der Waals surface area (Å²) in [6.07, 6.45) is 4.12. The van der Waals surface area contributed by atoms with Crippen molar-refractivity contribution in [3.05, 3.63) is 70.5 Å². The van der Waals surface area contributed by atoms with Gasteiger partial charge in [-0.3, -0.25) is 9.36 Å². The summed E-state index contributed by atoms with van der Waals surface area (Å²) in [5.41, 5.74) is 2.06. The number of amides is 1. The summed E-state index contributed by atoms with van der Waals surface area (Å²) in [6, 6.07) is 12.1. The van der Waals surface area contributed by atoms with Gasteiger partial charge in [0.25, 0.3) is 5.56 Å². The van der Waals surface area contributed by atoms with Crippen LogP contribution in [0.1, 0.15) is 59.9 Å². The van der Waals surface area contributed by atoms with Gasteiger partial charge in [0.2, 0.25) is 0 Å². The maximum Gasteiger partial charge on any atom is 0.407 e. The van der Waals surface area contributed by atoms with Crippen LogP contribution >= 0.6 is 0 Å². The molecule has 240 valence electrons. The van der Waals surface area contributed by atoms with Crippen LogP contribution in [0.2, 0.25) is 0 Å². The number of fused-ring (bicyclic) bond motifs is 3. The van der Waals surface area contributed by atoms with Crippen molar-refractivity contribution in [3.63, 3.8) is 0 Å². The first kappa shape index (κ1) is 31.0. The number of aliphatic imine (C=N–C) groups is 1. The van der Waals surface area contributed by atoms with E-state index < -0.39 is 11.7 Å². The van der Waals surface area contributed by atoms with Crippen molar-refractivity contribution in [3.8, 4) is 0 Å². The minimum absolute atomic E-state index is 0.0328. The second-order valence-corrected chi connectivity index (χ2v) is 14.7. The van der Waals surface area contributed by atoms with E-state index in [-0.39, 0.29) is 23.5 Å². The summed E-state index contributed by atoms with van der Waals surface area (Å²) in [4.78, 5) is 37.7. The van der Waals surface area contributed by atoms with Crippen LogP contribution in [0.25, 0.3) is 10.9 Å². The Morgan fingerprint density at radius 1 is 1.13 bits per heavy atom. The van der Waals surface area contributed by atoms with E-state index in [1.165, 1.54) is 18.6 Å². The summed E-state index contributed by atoms with van der Waals surface area (Å²) in [5.74, 6) is 2.33. The zero-order chi connectivity index (χ0) is 32.1. The standard InChI is InChI=1S/C35H45FN6O3/c1-21-28-15-23(35(28,5)6)16-29(21)40-32(42-18-26(19-42)39-33(44)45-34(2,3)4)38-25-11-12-27-30(17-25)37-20-41(31(27)43)14-13-22-7-9-24(36)10-8-22/h7-12,17,20-21,23,26,28-29H,13-16,18-19H2,1-6H3,(H,38,40)(H,39,44)/t21-,23+,28-,29?/m0/s1. The lowest BCUT2D eigenvalue weighted by atomic mass is 9.45. The number of likely N-dealkylation sites (tertiary alicyclic amines) is 1. The average molecular weight is 617 g/mol. The first-order chi connectivity index (χ1) is 21.3. The highest BCUT2D eigenvalue weighted by molar-refractivity contribution is 5.96. The molecular formula is C35H45FN6O3. The average Bonchev–Trinajstić information content (AvgIpc) is 2.94. The number of aromatic nitrogens is 2.